The molecule has 0 saturated heterocycles. The molecule has 0 aromatic rings. The van der Waals surface area contributed by atoms with E-state index in [1.807, 2.05) is 0 Å². The molecule has 0 heterocycles. The van der Waals surface area contributed by atoms with Gasteiger partial charge in [0.15, 0.2) is 0 Å². The van der Waals surface area contributed by atoms with Gasteiger partial charge in [0.1, 0.15) is 6.10 Å². The summed E-state index contributed by atoms with van der Waals surface area (Å²) in [6.45, 7) is 2.59. The number of rotatable bonds is 10. The van der Waals surface area contributed by atoms with Crippen LogP contribution in [0, 0.1) is 17.8 Å². The Morgan fingerprint density at radius 3 is 2.08 bits per heavy atom. The minimum atomic E-state index is 0.0975. The Kier molecular flexibility index (Phi) is 9.90. The van der Waals surface area contributed by atoms with Crippen LogP contribution in [0.2, 0.25) is 0 Å². The minimum absolute atomic E-state index is 0.0975. The van der Waals surface area contributed by atoms with Crippen LogP contribution in [0.3, 0.4) is 0 Å². The van der Waals surface area contributed by atoms with E-state index >= 15 is 0 Å². The highest BCUT2D eigenvalue weighted by Gasteiger charge is 2.30. The molecule has 0 atom stereocenters. The molecule has 25 heavy (non-hydrogen) atoms. The van der Waals surface area contributed by atoms with Gasteiger partial charge in [-0.3, -0.25) is 4.79 Å². The first-order chi connectivity index (χ1) is 12.2. The summed E-state index contributed by atoms with van der Waals surface area (Å²) >= 11 is 0. The topological polar surface area (TPSA) is 46.5 Å². The minimum Gasteiger partial charge on any atom is -0.462 e. The van der Waals surface area contributed by atoms with Crippen LogP contribution in [-0.4, -0.2) is 23.8 Å². The van der Waals surface area contributed by atoms with Crippen molar-refractivity contribution in [1.29, 1.82) is 0 Å². The quantitative estimate of drug-likeness (QED) is 0.409. The third-order valence-electron chi connectivity index (χ3n) is 6.47. The highest BCUT2D eigenvalue weighted by atomic mass is 16.5. The van der Waals surface area contributed by atoms with Crippen molar-refractivity contribution in [3.05, 3.63) is 0 Å². The van der Waals surface area contributed by atoms with Crippen LogP contribution in [0.1, 0.15) is 103 Å². The summed E-state index contributed by atoms with van der Waals surface area (Å²) in [6, 6.07) is 0. The van der Waals surface area contributed by atoms with Crippen LogP contribution < -0.4 is 0 Å². The van der Waals surface area contributed by atoms with Crippen molar-refractivity contribution in [2.24, 2.45) is 17.8 Å². The van der Waals surface area contributed by atoms with Crippen LogP contribution in [0.15, 0.2) is 0 Å². The highest BCUT2D eigenvalue weighted by molar-refractivity contribution is 5.72. The number of carbonyl (C=O) groups excluding carboxylic acids is 1. The first-order valence-corrected chi connectivity index (χ1v) is 11.0. The fourth-order valence-electron chi connectivity index (χ4n) is 4.79. The van der Waals surface area contributed by atoms with E-state index in [0.717, 1.165) is 50.4 Å². The third kappa shape index (κ3) is 7.68. The summed E-state index contributed by atoms with van der Waals surface area (Å²) in [5, 5.41) is 8.81. The zero-order valence-corrected chi connectivity index (χ0v) is 16.4. The second-order valence-corrected chi connectivity index (χ2v) is 8.51. The average molecular weight is 353 g/mol. The van der Waals surface area contributed by atoms with Gasteiger partial charge >= 0.3 is 5.97 Å². The summed E-state index contributed by atoms with van der Waals surface area (Å²) < 4.78 is 5.86. The molecule has 0 spiro atoms. The summed E-state index contributed by atoms with van der Waals surface area (Å²) in [7, 11) is 0. The number of ether oxygens (including phenoxy) is 1. The summed E-state index contributed by atoms with van der Waals surface area (Å²) in [5.41, 5.74) is 0. The maximum absolute atomic E-state index is 12.5. The lowest BCUT2D eigenvalue weighted by atomic mass is 9.79. The lowest BCUT2D eigenvalue weighted by molar-refractivity contribution is -0.157. The Bertz CT molecular complexity index is 352. The van der Waals surface area contributed by atoms with Crippen molar-refractivity contribution < 1.29 is 14.6 Å². The van der Waals surface area contributed by atoms with E-state index in [1.54, 1.807) is 0 Å². The number of hydrogen-bond acceptors (Lipinski definition) is 3. The molecule has 1 N–H and O–H groups in total. The summed E-state index contributed by atoms with van der Waals surface area (Å²) in [6.07, 6.45) is 17.8. The van der Waals surface area contributed by atoms with Crippen LogP contribution >= 0.6 is 0 Å². The van der Waals surface area contributed by atoms with Gasteiger partial charge in [0, 0.05) is 6.61 Å². The fraction of sp³-hybridized carbons (Fsp3) is 0.955. The Morgan fingerprint density at radius 2 is 1.44 bits per heavy atom. The summed E-state index contributed by atoms with van der Waals surface area (Å²) in [4.78, 5) is 12.5. The Labute approximate surface area is 154 Å². The van der Waals surface area contributed by atoms with E-state index in [0.29, 0.717) is 6.61 Å². The SMILES string of the molecule is CCCC1CCC(OC(=O)C2CCC(CCCCCCO)CC2)CC1. The van der Waals surface area contributed by atoms with Gasteiger partial charge in [-0.05, 0) is 69.6 Å². The Hall–Kier alpha value is -0.570. The molecule has 2 aliphatic rings. The van der Waals surface area contributed by atoms with Gasteiger partial charge in [-0.1, -0.05) is 45.4 Å². The van der Waals surface area contributed by atoms with Gasteiger partial charge < -0.3 is 9.84 Å². The Balaban J connectivity index is 1.57. The van der Waals surface area contributed by atoms with E-state index in [1.165, 1.54) is 57.8 Å². The lowest BCUT2D eigenvalue weighted by Gasteiger charge is -2.31. The molecule has 0 unspecified atom stereocenters. The van der Waals surface area contributed by atoms with E-state index < -0.39 is 0 Å². The predicted octanol–water partition coefficient (Wildman–Crippen LogP) is 5.64. The molecule has 2 aliphatic carbocycles. The lowest BCUT2D eigenvalue weighted by Crippen LogP contribution is -2.30. The molecule has 0 amide bonds. The van der Waals surface area contributed by atoms with Crippen molar-refractivity contribution in [2.45, 2.75) is 109 Å². The maximum Gasteiger partial charge on any atom is 0.309 e. The molecule has 0 aromatic heterocycles. The van der Waals surface area contributed by atoms with Crippen molar-refractivity contribution in [2.75, 3.05) is 6.61 Å². The van der Waals surface area contributed by atoms with Gasteiger partial charge in [0.25, 0.3) is 0 Å². The highest BCUT2D eigenvalue weighted by Crippen LogP contribution is 2.34. The molecular formula is C22H40O3. The molecular weight excluding hydrogens is 312 g/mol. The van der Waals surface area contributed by atoms with Gasteiger partial charge in [0.05, 0.1) is 5.92 Å². The smallest absolute Gasteiger partial charge is 0.309 e. The number of carbonyl (C=O) groups is 1. The number of aliphatic hydroxyl groups is 1. The molecule has 0 bridgehead atoms. The standard InChI is InChI=1S/C22H40O3/c1-2-7-18-11-15-21(16-12-18)25-22(24)20-13-9-19(10-14-20)8-5-3-4-6-17-23/h18-21,23H,2-17H2,1H3. The Morgan fingerprint density at radius 1 is 0.840 bits per heavy atom. The third-order valence-corrected chi connectivity index (χ3v) is 6.47. The van der Waals surface area contributed by atoms with Crippen molar-refractivity contribution >= 4 is 5.97 Å². The zero-order valence-electron chi connectivity index (χ0n) is 16.4. The van der Waals surface area contributed by atoms with Crippen LogP contribution in [0.4, 0.5) is 0 Å². The maximum atomic E-state index is 12.5. The first kappa shape index (κ1) is 20.7. The number of esters is 1. The second-order valence-electron chi connectivity index (χ2n) is 8.51. The number of unbranched alkanes of at least 4 members (excludes halogenated alkanes) is 3. The normalized spacial score (nSPS) is 30.2. The van der Waals surface area contributed by atoms with E-state index in [4.69, 9.17) is 9.84 Å². The molecule has 0 aromatic carbocycles. The molecule has 146 valence electrons. The van der Waals surface area contributed by atoms with E-state index in [2.05, 4.69) is 6.92 Å². The van der Waals surface area contributed by atoms with Crippen LogP contribution in [0.25, 0.3) is 0 Å². The van der Waals surface area contributed by atoms with Gasteiger partial charge in [-0.2, -0.15) is 0 Å². The monoisotopic (exact) mass is 352 g/mol. The molecule has 2 saturated carbocycles. The van der Waals surface area contributed by atoms with Gasteiger partial charge in [-0.25, -0.2) is 0 Å². The molecule has 0 aliphatic heterocycles. The van der Waals surface area contributed by atoms with E-state index in [-0.39, 0.29) is 18.0 Å². The predicted molar refractivity (Wildman–Crippen MR) is 102 cm³/mol. The first-order valence-electron chi connectivity index (χ1n) is 11.0. The molecule has 3 nitrogen and oxygen atoms in total. The number of aliphatic hydroxyl groups excluding tert-OH is 1. The second kappa shape index (κ2) is 11.9. The molecule has 2 fully saturated rings. The van der Waals surface area contributed by atoms with Crippen molar-refractivity contribution in [1.82, 2.24) is 0 Å². The van der Waals surface area contributed by atoms with E-state index in [9.17, 15) is 4.79 Å². The fourth-order valence-corrected chi connectivity index (χ4v) is 4.79. The molecule has 2 rings (SSSR count). The van der Waals surface area contributed by atoms with Crippen molar-refractivity contribution in [3.63, 3.8) is 0 Å². The van der Waals surface area contributed by atoms with Gasteiger partial charge in [-0.15, -0.1) is 0 Å². The molecule has 3 heteroatoms. The number of hydrogen-bond donors (Lipinski definition) is 1. The molecule has 0 radical (unpaired) electrons. The van der Waals surface area contributed by atoms with Crippen LogP contribution in [0.5, 0.6) is 0 Å². The summed E-state index contributed by atoms with van der Waals surface area (Å²) in [5.74, 6) is 1.94. The average Bonchev–Trinajstić information content (AvgIpc) is 2.64. The van der Waals surface area contributed by atoms with Crippen molar-refractivity contribution in [3.8, 4) is 0 Å². The van der Waals surface area contributed by atoms with Gasteiger partial charge in [0.2, 0.25) is 0 Å². The largest absolute Gasteiger partial charge is 0.462 e. The van der Waals surface area contributed by atoms with Crippen LogP contribution in [-0.2, 0) is 9.53 Å². The zero-order chi connectivity index (χ0) is 17.9.